The van der Waals surface area contributed by atoms with Crippen LogP contribution in [0, 0.1) is 0 Å². The van der Waals surface area contributed by atoms with Gasteiger partial charge in [0.05, 0.1) is 37.2 Å². The fraction of sp³-hybridized carbons (Fsp3) is 0.185. The Kier molecular flexibility index (Phi) is 6.51. The average Bonchev–Trinajstić information content (AvgIpc) is 3.52. The lowest BCUT2D eigenvalue weighted by Gasteiger charge is -2.30. The van der Waals surface area contributed by atoms with Crippen molar-refractivity contribution in [3.63, 3.8) is 0 Å². The number of aromatic nitrogens is 2. The van der Waals surface area contributed by atoms with Gasteiger partial charge in [-0.25, -0.2) is 0 Å². The summed E-state index contributed by atoms with van der Waals surface area (Å²) in [5.41, 5.74) is 1.80. The molecule has 1 fully saturated rings. The summed E-state index contributed by atoms with van der Waals surface area (Å²) in [5, 5.41) is 3.80. The van der Waals surface area contributed by atoms with Crippen LogP contribution in [-0.4, -0.2) is 28.9 Å². The molecule has 2 atom stereocenters. The highest BCUT2D eigenvalue weighted by molar-refractivity contribution is 7.80. The zero-order chi connectivity index (χ0) is 26.2. The highest BCUT2D eigenvalue weighted by atomic mass is 32.1. The minimum Gasteiger partial charge on any atom is -0.497 e. The molecule has 10 heteroatoms. The first kappa shape index (κ1) is 24.6. The molecule has 1 aliphatic rings. The van der Waals surface area contributed by atoms with Gasteiger partial charge in [-0.3, -0.25) is 4.98 Å². The normalized spacial score (nSPS) is 17.5. The number of thiocarbonyl (C=S) groups is 1. The molecule has 2 aromatic heterocycles. The van der Waals surface area contributed by atoms with E-state index in [2.05, 4.69) is 10.3 Å². The molecular formula is C27H23F3N4O2S. The number of halogens is 3. The molecule has 0 bridgehead atoms. The quantitative estimate of drug-likeness (QED) is 0.308. The predicted molar refractivity (Wildman–Crippen MR) is 138 cm³/mol. The summed E-state index contributed by atoms with van der Waals surface area (Å²) in [6, 6.07) is 19.1. The van der Waals surface area contributed by atoms with Crippen LogP contribution in [0.15, 0.2) is 85.2 Å². The Balaban J connectivity index is 1.68. The summed E-state index contributed by atoms with van der Waals surface area (Å²) >= 11 is 5.79. The van der Waals surface area contributed by atoms with Gasteiger partial charge in [-0.1, -0.05) is 12.1 Å². The van der Waals surface area contributed by atoms with Crippen LogP contribution in [0.25, 0.3) is 5.69 Å². The van der Waals surface area contributed by atoms with Crippen LogP contribution in [0.4, 0.5) is 18.9 Å². The van der Waals surface area contributed by atoms with E-state index < -0.39 is 17.8 Å². The molecule has 5 rings (SSSR count). The Labute approximate surface area is 217 Å². The standard InChI is InChI=1S/C27H23F3N4O2S/c1-35-19-11-12-21(23(16-19)36-2)34-25(24(32-26(34)37)20-9-3-4-13-31-20)22-10-6-14-33(22)18-8-5-7-17(15-18)27(28,29)30/h3-16,24-25H,1-2H3,(H,32,37). The van der Waals surface area contributed by atoms with E-state index in [1.54, 1.807) is 55.4 Å². The highest BCUT2D eigenvalue weighted by Crippen LogP contribution is 2.46. The fourth-order valence-electron chi connectivity index (χ4n) is 4.60. The summed E-state index contributed by atoms with van der Waals surface area (Å²) < 4.78 is 53.3. The van der Waals surface area contributed by atoms with E-state index in [0.29, 0.717) is 28.0 Å². The van der Waals surface area contributed by atoms with Crippen molar-refractivity contribution in [2.45, 2.75) is 18.3 Å². The van der Waals surface area contributed by atoms with Crippen molar-refractivity contribution >= 4 is 23.0 Å². The highest BCUT2D eigenvalue weighted by Gasteiger charge is 2.43. The molecule has 4 aromatic rings. The molecule has 0 amide bonds. The molecule has 190 valence electrons. The first-order chi connectivity index (χ1) is 17.8. The van der Waals surface area contributed by atoms with Gasteiger partial charge < -0.3 is 24.3 Å². The third-order valence-corrected chi connectivity index (χ3v) is 6.59. The van der Waals surface area contributed by atoms with E-state index in [-0.39, 0.29) is 6.04 Å². The summed E-state index contributed by atoms with van der Waals surface area (Å²) in [5.74, 6) is 1.15. The van der Waals surface area contributed by atoms with Gasteiger partial charge in [0.2, 0.25) is 0 Å². The van der Waals surface area contributed by atoms with Crippen LogP contribution < -0.4 is 19.7 Å². The fourth-order valence-corrected chi connectivity index (χ4v) is 4.94. The summed E-state index contributed by atoms with van der Waals surface area (Å²) in [4.78, 5) is 6.45. The van der Waals surface area contributed by atoms with E-state index >= 15 is 0 Å². The Morgan fingerprint density at radius 1 is 0.946 bits per heavy atom. The van der Waals surface area contributed by atoms with E-state index in [4.69, 9.17) is 21.7 Å². The molecule has 37 heavy (non-hydrogen) atoms. The predicted octanol–water partition coefficient (Wildman–Crippen LogP) is 6.09. The van der Waals surface area contributed by atoms with Crippen molar-refractivity contribution in [1.29, 1.82) is 0 Å². The SMILES string of the molecule is COc1ccc(N2C(=S)NC(c3ccccn3)C2c2cccn2-c2cccc(C(F)(F)F)c2)c(OC)c1. The van der Waals surface area contributed by atoms with Crippen molar-refractivity contribution in [2.24, 2.45) is 0 Å². The lowest BCUT2D eigenvalue weighted by molar-refractivity contribution is -0.137. The number of rotatable bonds is 6. The van der Waals surface area contributed by atoms with Gasteiger partial charge in [-0.05, 0) is 66.8 Å². The van der Waals surface area contributed by atoms with Gasteiger partial charge in [-0.2, -0.15) is 13.2 Å². The van der Waals surface area contributed by atoms with Gasteiger partial charge in [0.25, 0.3) is 0 Å². The van der Waals surface area contributed by atoms with Gasteiger partial charge in [0.15, 0.2) is 5.11 Å². The van der Waals surface area contributed by atoms with Crippen LogP contribution in [0.2, 0.25) is 0 Å². The minimum atomic E-state index is -4.46. The number of alkyl halides is 3. The Bertz CT molecular complexity index is 1420. The summed E-state index contributed by atoms with van der Waals surface area (Å²) in [6.07, 6.45) is -1.02. The van der Waals surface area contributed by atoms with Crippen LogP contribution in [0.3, 0.4) is 0 Å². The largest absolute Gasteiger partial charge is 0.497 e. The molecule has 0 spiro atoms. The number of nitrogens with zero attached hydrogens (tertiary/aromatic N) is 3. The monoisotopic (exact) mass is 524 g/mol. The van der Waals surface area contributed by atoms with E-state index in [9.17, 15) is 13.2 Å². The maximum Gasteiger partial charge on any atom is 0.416 e. The van der Waals surface area contributed by atoms with Crippen molar-refractivity contribution in [3.05, 3.63) is 102 Å². The van der Waals surface area contributed by atoms with E-state index in [1.165, 1.54) is 6.07 Å². The van der Waals surface area contributed by atoms with Gasteiger partial charge in [0, 0.05) is 29.8 Å². The maximum atomic E-state index is 13.5. The minimum absolute atomic E-state index is 0.383. The molecule has 1 N–H and O–H groups in total. The van der Waals surface area contributed by atoms with Gasteiger partial charge in [0.1, 0.15) is 17.5 Å². The topological polar surface area (TPSA) is 51.5 Å². The van der Waals surface area contributed by atoms with E-state index in [1.807, 2.05) is 35.2 Å². The van der Waals surface area contributed by atoms with Crippen LogP contribution in [-0.2, 0) is 6.18 Å². The number of hydrogen-bond donors (Lipinski definition) is 1. The third kappa shape index (κ3) is 4.60. The number of benzene rings is 2. The smallest absolute Gasteiger partial charge is 0.416 e. The first-order valence-electron chi connectivity index (χ1n) is 11.4. The zero-order valence-electron chi connectivity index (χ0n) is 19.9. The molecule has 2 aromatic carbocycles. The number of hydrogen-bond acceptors (Lipinski definition) is 4. The molecule has 1 aliphatic heterocycles. The number of pyridine rings is 1. The van der Waals surface area contributed by atoms with Crippen LogP contribution >= 0.6 is 12.2 Å². The molecule has 0 aliphatic carbocycles. The second-order valence-electron chi connectivity index (χ2n) is 8.39. The third-order valence-electron chi connectivity index (χ3n) is 6.28. The van der Waals surface area contributed by atoms with Crippen molar-refractivity contribution in [2.75, 3.05) is 19.1 Å². The molecule has 0 radical (unpaired) electrons. The molecule has 2 unspecified atom stereocenters. The second-order valence-corrected chi connectivity index (χ2v) is 8.77. The lowest BCUT2D eigenvalue weighted by Crippen LogP contribution is -2.30. The molecule has 3 heterocycles. The Hall–Kier alpha value is -4.05. The number of nitrogens with one attached hydrogen (secondary N) is 1. The first-order valence-corrected chi connectivity index (χ1v) is 11.8. The number of anilines is 1. The van der Waals surface area contributed by atoms with Crippen molar-refractivity contribution in [3.8, 4) is 17.2 Å². The second kappa shape index (κ2) is 9.78. The molecular weight excluding hydrogens is 501 g/mol. The Morgan fingerprint density at radius 3 is 2.49 bits per heavy atom. The summed E-state index contributed by atoms with van der Waals surface area (Å²) in [7, 11) is 3.12. The van der Waals surface area contributed by atoms with E-state index in [0.717, 1.165) is 23.5 Å². The summed E-state index contributed by atoms with van der Waals surface area (Å²) in [6.45, 7) is 0. The van der Waals surface area contributed by atoms with Crippen molar-refractivity contribution < 1.29 is 22.6 Å². The molecule has 0 saturated carbocycles. The molecule has 6 nitrogen and oxygen atoms in total. The van der Waals surface area contributed by atoms with Crippen LogP contribution in [0.1, 0.15) is 29.0 Å². The van der Waals surface area contributed by atoms with Crippen LogP contribution in [0.5, 0.6) is 11.5 Å². The Morgan fingerprint density at radius 2 is 1.78 bits per heavy atom. The number of methoxy groups -OCH3 is 2. The van der Waals surface area contributed by atoms with Crippen molar-refractivity contribution in [1.82, 2.24) is 14.9 Å². The van der Waals surface area contributed by atoms with Gasteiger partial charge >= 0.3 is 6.18 Å². The van der Waals surface area contributed by atoms with Gasteiger partial charge in [-0.15, -0.1) is 0 Å². The lowest BCUT2D eigenvalue weighted by atomic mass is 10.0. The zero-order valence-corrected chi connectivity index (χ0v) is 20.8. The molecule has 1 saturated heterocycles. The average molecular weight is 525 g/mol. The maximum absolute atomic E-state index is 13.5. The number of ether oxygens (including phenoxy) is 2.